The molecule has 0 amide bonds. The van der Waals surface area contributed by atoms with Crippen molar-refractivity contribution in [2.45, 2.75) is 95.1 Å². The van der Waals surface area contributed by atoms with Crippen LogP contribution in [-0.4, -0.2) is 63.9 Å². The van der Waals surface area contributed by atoms with Gasteiger partial charge in [0.1, 0.15) is 24.4 Å². The van der Waals surface area contributed by atoms with E-state index in [-0.39, 0.29) is 68.7 Å². The Hall–Kier alpha value is 0.316. The number of rotatable bonds is 3. The molecule has 0 aromatic heterocycles. The van der Waals surface area contributed by atoms with Crippen LogP contribution < -0.4 is 56.5 Å². The summed E-state index contributed by atoms with van der Waals surface area (Å²) in [6.07, 6.45) is 1.03. The molecule has 0 unspecified atom stereocenters. The van der Waals surface area contributed by atoms with Crippen LogP contribution in [0, 0.1) is 29.1 Å². The van der Waals surface area contributed by atoms with Crippen LogP contribution >= 0.6 is 0 Å². The number of fused-ring (bicyclic) bond motifs is 5. The molecule has 178 valence electrons. The standard InChI is InChI=1S/C24H34O8.K/c1-24-9-8-14-13-5-3-12(25)10-11(13)2-4-15(14)16(24)6-7-17(24)31-23-20(28)18(26)19(27)21(32-23)22(29)30;/h10,13-21,23,26-28H,2-9H2,1H3,(H,29,30);/q;+1/p-1/t13-,14+,15+,16-,17-,18-,19-,20+,21-,23+,24-;/m0./s1. The number of allylic oxidation sites excluding steroid dienone is 1. The van der Waals surface area contributed by atoms with E-state index in [1.165, 1.54) is 5.57 Å². The summed E-state index contributed by atoms with van der Waals surface area (Å²) in [4.78, 5) is 23.2. The van der Waals surface area contributed by atoms with Gasteiger partial charge in [0.2, 0.25) is 0 Å². The minimum Gasteiger partial charge on any atom is -0.547 e. The zero-order valence-corrected chi connectivity index (χ0v) is 22.5. The van der Waals surface area contributed by atoms with E-state index in [0.29, 0.717) is 30.1 Å². The summed E-state index contributed by atoms with van der Waals surface area (Å²) in [5.74, 6) is 0.746. The minimum absolute atomic E-state index is 0. The minimum atomic E-state index is -1.77. The molecule has 0 aromatic carbocycles. The average molecular weight is 489 g/mol. The van der Waals surface area contributed by atoms with E-state index < -0.39 is 36.7 Å². The molecule has 0 bridgehead atoms. The van der Waals surface area contributed by atoms with Gasteiger partial charge in [-0.25, -0.2) is 0 Å². The number of carbonyl (C=O) groups is 2. The maximum Gasteiger partial charge on any atom is 1.00 e. The van der Waals surface area contributed by atoms with Crippen molar-refractivity contribution < 1.29 is 90.9 Å². The summed E-state index contributed by atoms with van der Waals surface area (Å²) >= 11 is 0. The van der Waals surface area contributed by atoms with Gasteiger partial charge in [0, 0.05) is 6.42 Å². The van der Waals surface area contributed by atoms with Gasteiger partial charge in [-0.2, -0.15) is 0 Å². The molecule has 3 N–H and O–H groups in total. The molecule has 5 rings (SSSR count). The first-order chi connectivity index (χ1) is 15.2. The van der Waals surface area contributed by atoms with Gasteiger partial charge in [-0.15, -0.1) is 0 Å². The van der Waals surface area contributed by atoms with Crippen molar-refractivity contribution in [2.24, 2.45) is 29.1 Å². The molecule has 33 heavy (non-hydrogen) atoms. The third kappa shape index (κ3) is 4.49. The summed E-state index contributed by atoms with van der Waals surface area (Å²) < 4.78 is 11.5. The van der Waals surface area contributed by atoms with Crippen molar-refractivity contribution in [1.29, 1.82) is 0 Å². The molecule has 1 aliphatic heterocycles. The summed E-state index contributed by atoms with van der Waals surface area (Å²) in [6, 6.07) is 0. The number of ketones is 1. The number of carboxylic acids is 1. The van der Waals surface area contributed by atoms with Gasteiger partial charge in [0.05, 0.1) is 12.1 Å². The van der Waals surface area contributed by atoms with Gasteiger partial charge in [0.15, 0.2) is 12.1 Å². The first-order valence-corrected chi connectivity index (χ1v) is 12.0. The van der Waals surface area contributed by atoms with Crippen LogP contribution in [0.4, 0.5) is 0 Å². The summed E-state index contributed by atoms with van der Waals surface area (Å²) in [5.41, 5.74) is 1.21. The average Bonchev–Trinajstić information content (AvgIpc) is 3.09. The molecule has 4 aliphatic carbocycles. The quantitative estimate of drug-likeness (QED) is 0.360. The predicted octanol–water partition coefficient (Wildman–Crippen LogP) is -2.93. The van der Waals surface area contributed by atoms with Gasteiger partial charge < -0.3 is 34.7 Å². The van der Waals surface area contributed by atoms with Crippen molar-refractivity contribution in [3.63, 3.8) is 0 Å². The van der Waals surface area contributed by atoms with Crippen LogP contribution in [0.25, 0.3) is 0 Å². The van der Waals surface area contributed by atoms with E-state index in [1.807, 2.05) is 6.08 Å². The Morgan fingerprint density at radius 1 is 1.06 bits per heavy atom. The largest absolute Gasteiger partial charge is 1.00 e. The number of aliphatic carboxylic acids is 1. The second-order valence-electron chi connectivity index (χ2n) is 10.8. The molecule has 8 nitrogen and oxygen atoms in total. The van der Waals surface area contributed by atoms with Crippen LogP contribution in [0.2, 0.25) is 0 Å². The van der Waals surface area contributed by atoms with Crippen LogP contribution in [0.3, 0.4) is 0 Å². The summed E-state index contributed by atoms with van der Waals surface area (Å²) in [7, 11) is 0. The first-order valence-electron chi connectivity index (χ1n) is 12.0. The fourth-order valence-electron chi connectivity index (χ4n) is 7.67. The Bertz CT molecular complexity index is 816. The van der Waals surface area contributed by atoms with E-state index in [0.717, 1.165) is 44.9 Å². The molecule has 0 radical (unpaired) electrons. The van der Waals surface area contributed by atoms with E-state index >= 15 is 0 Å². The second-order valence-corrected chi connectivity index (χ2v) is 10.8. The monoisotopic (exact) mass is 488 g/mol. The molecular formula is C24H33KO8. The molecule has 1 heterocycles. The fraction of sp³-hybridized carbons (Fsp3) is 0.833. The van der Waals surface area contributed by atoms with Gasteiger partial charge in [0.25, 0.3) is 0 Å². The Morgan fingerprint density at radius 3 is 2.55 bits per heavy atom. The number of hydrogen-bond donors (Lipinski definition) is 3. The van der Waals surface area contributed by atoms with E-state index in [4.69, 9.17) is 9.47 Å². The molecule has 0 spiro atoms. The van der Waals surface area contributed by atoms with Crippen molar-refractivity contribution >= 4 is 11.8 Å². The topological polar surface area (TPSA) is 136 Å². The molecule has 9 heteroatoms. The van der Waals surface area contributed by atoms with Crippen molar-refractivity contribution in [2.75, 3.05) is 0 Å². The maximum atomic E-state index is 11.9. The summed E-state index contributed by atoms with van der Waals surface area (Å²) in [6.45, 7) is 2.22. The second kappa shape index (κ2) is 9.99. The molecule has 1 saturated heterocycles. The molecule has 3 saturated carbocycles. The first kappa shape index (κ1) is 26.4. The maximum absolute atomic E-state index is 11.9. The smallest absolute Gasteiger partial charge is 0.547 e. The Kier molecular flexibility index (Phi) is 7.99. The van der Waals surface area contributed by atoms with Crippen molar-refractivity contribution in [3.05, 3.63) is 11.6 Å². The van der Waals surface area contributed by atoms with Gasteiger partial charge >= 0.3 is 51.4 Å². The normalized spacial score (nSPS) is 49.2. The number of aliphatic hydroxyl groups is 3. The van der Waals surface area contributed by atoms with Crippen LogP contribution in [0.15, 0.2) is 11.6 Å². The number of carboxylic acid groups (broad SMARTS) is 1. The molecular weight excluding hydrogens is 455 g/mol. The number of aliphatic hydroxyl groups excluding tert-OH is 3. The van der Waals surface area contributed by atoms with Crippen LogP contribution in [0.5, 0.6) is 0 Å². The predicted molar refractivity (Wildman–Crippen MR) is 109 cm³/mol. The van der Waals surface area contributed by atoms with Crippen LogP contribution in [-0.2, 0) is 19.1 Å². The van der Waals surface area contributed by atoms with Gasteiger partial charge in [-0.05, 0) is 80.1 Å². The third-order valence-corrected chi connectivity index (χ3v) is 9.31. The number of hydrogen-bond acceptors (Lipinski definition) is 8. The third-order valence-electron chi connectivity index (χ3n) is 9.31. The zero-order chi connectivity index (χ0) is 22.8. The Labute approximate surface area is 236 Å². The van der Waals surface area contributed by atoms with Gasteiger partial charge in [-0.3, -0.25) is 4.79 Å². The van der Waals surface area contributed by atoms with Crippen molar-refractivity contribution in [3.8, 4) is 0 Å². The van der Waals surface area contributed by atoms with Crippen LogP contribution in [0.1, 0.15) is 58.3 Å². The van der Waals surface area contributed by atoms with E-state index in [2.05, 4.69) is 6.92 Å². The Morgan fingerprint density at radius 2 is 1.82 bits per heavy atom. The molecule has 0 aromatic rings. The SMILES string of the molecule is C[C@]12CC[C@H]3[C@@H](CCC4=CC(=O)CC[C@@H]43)[C@@H]1CC[C@@H]2O[C@@H]1O[C@H](C(=O)[O-])[C@@H](O)[C@H](O)[C@H]1O.[K+]. The number of ether oxygens (including phenoxy) is 2. The zero-order valence-electron chi connectivity index (χ0n) is 19.4. The summed E-state index contributed by atoms with van der Waals surface area (Å²) in [5, 5.41) is 41.7. The van der Waals surface area contributed by atoms with E-state index in [9.17, 15) is 30.0 Å². The molecule has 5 aliphatic rings. The van der Waals surface area contributed by atoms with Crippen molar-refractivity contribution in [1.82, 2.24) is 0 Å². The van der Waals surface area contributed by atoms with Gasteiger partial charge in [-0.1, -0.05) is 12.5 Å². The fourth-order valence-corrected chi connectivity index (χ4v) is 7.67. The number of carbonyl (C=O) groups excluding carboxylic acids is 2. The molecule has 11 atom stereocenters. The van der Waals surface area contributed by atoms with E-state index in [1.54, 1.807) is 0 Å². The molecule has 4 fully saturated rings. The Balaban J connectivity index is 0.00000259.